The van der Waals surface area contributed by atoms with Crippen LogP contribution in [0.5, 0.6) is 0 Å². The quantitative estimate of drug-likeness (QED) is 0.126. The normalized spacial score (nSPS) is 11.8. The Hall–Kier alpha value is -2.96. The highest BCUT2D eigenvalue weighted by Crippen LogP contribution is 2.39. The van der Waals surface area contributed by atoms with Gasteiger partial charge >= 0.3 is 11.9 Å². The van der Waals surface area contributed by atoms with E-state index in [4.69, 9.17) is 9.84 Å². The van der Waals surface area contributed by atoms with Gasteiger partial charge in [-0.1, -0.05) is 93.8 Å². The molecule has 0 aliphatic carbocycles. The molecule has 0 spiro atoms. The van der Waals surface area contributed by atoms with E-state index in [9.17, 15) is 14.4 Å². The van der Waals surface area contributed by atoms with Crippen molar-refractivity contribution in [3.63, 3.8) is 0 Å². The summed E-state index contributed by atoms with van der Waals surface area (Å²) in [5.74, 6) is -1.20. The van der Waals surface area contributed by atoms with E-state index in [2.05, 4.69) is 57.1 Å². The second kappa shape index (κ2) is 20.9. The van der Waals surface area contributed by atoms with Gasteiger partial charge in [0.05, 0.1) is 24.5 Å². The van der Waals surface area contributed by atoms with Crippen molar-refractivity contribution < 1.29 is 24.2 Å². The molecule has 0 fully saturated rings. The molecule has 0 amide bonds. The van der Waals surface area contributed by atoms with Gasteiger partial charge in [-0.2, -0.15) is 0 Å². The van der Waals surface area contributed by atoms with E-state index < -0.39 is 17.4 Å². The highest BCUT2D eigenvalue weighted by atomic mass is 35.5. The summed E-state index contributed by atoms with van der Waals surface area (Å²) in [4.78, 5) is 36.5. The summed E-state index contributed by atoms with van der Waals surface area (Å²) in [5.41, 5.74) is 1.60. The average molecular weight is 574 g/mol. The monoisotopic (exact) mass is 573 g/mol. The van der Waals surface area contributed by atoms with E-state index in [1.165, 1.54) is 25.5 Å². The SMILES string of the molecule is CCC(=O)C(CC(C)N(C)C)(c1ccccc1)c1ccccc1.CCCCCC/C=C/OC(=O)CCC(=O)O.Cl. The molecule has 0 bridgehead atoms. The third-order valence-corrected chi connectivity index (χ3v) is 6.88. The van der Waals surface area contributed by atoms with Crippen LogP contribution in [0.15, 0.2) is 73.0 Å². The number of carboxylic acids is 1. The van der Waals surface area contributed by atoms with Crippen molar-refractivity contribution in [2.75, 3.05) is 14.1 Å². The van der Waals surface area contributed by atoms with Crippen molar-refractivity contribution in [3.05, 3.63) is 84.1 Å². The van der Waals surface area contributed by atoms with Crippen LogP contribution in [0.4, 0.5) is 0 Å². The van der Waals surface area contributed by atoms with Crippen LogP contribution in [0.1, 0.15) is 89.7 Å². The molecule has 222 valence electrons. The number of carbonyl (C=O) groups excluding carboxylic acids is 2. The molecule has 0 aromatic heterocycles. The number of rotatable bonds is 16. The summed E-state index contributed by atoms with van der Waals surface area (Å²) in [6.45, 7) is 6.30. The number of Topliss-reactive ketones (excluding diaryl/α,β-unsaturated/α-hetero) is 1. The molecule has 0 saturated carbocycles. The topological polar surface area (TPSA) is 83.9 Å². The predicted octanol–water partition coefficient (Wildman–Crippen LogP) is 7.59. The number of nitrogens with zero attached hydrogens (tertiary/aromatic N) is 1. The number of hydrogen-bond donors (Lipinski definition) is 1. The maximum absolute atomic E-state index is 13.2. The molecule has 0 aliphatic rings. The van der Waals surface area contributed by atoms with Gasteiger partial charge in [-0.3, -0.25) is 14.4 Å². The third kappa shape index (κ3) is 12.9. The molecule has 7 heteroatoms. The zero-order valence-electron chi connectivity index (χ0n) is 24.8. The van der Waals surface area contributed by atoms with Gasteiger partial charge < -0.3 is 14.7 Å². The molecule has 1 atom stereocenters. The summed E-state index contributed by atoms with van der Waals surface area (Å²) in [6.07, 6.45) is 9.82. The Morgan fingerprint density at radius 3 is 1.90 bits per heavy atom. The largest absolute Gasteiger partial charge is 0.481 e. The lowest BCUT2D eigenvalue weighted by Crippen LogP contribution is -2.42. The third-order valence-electron chi connectivity index (χ3n) is 6.88. The summed E-state index contributed by atoms with van der Waals surface area (Å²) < 4.78 is 4.72. The van der Waals surface area contributed by atoms with Gasteiger partial charge in [0.1, 0.15) is 5.78 Å². The first-order valence-electron chi connectivity index (χ1n) is 14.1. The number of unbranched alkanes of at least 4 members (excludes halogenated alkanes) is 4. The molecule has 2 rings (SSSR count). The summed E-state index contributed by atoms with van der Waals surface area (Å²) in [6, 6.07) is 20.7. The molecular formula is C33H48ClNO5. The van der Waals surface area contributed by atoms with Gasteiger partial charge in [-0.15, -0.1) is 12.4 Å². The molecule has 6 nitrogen and oxygen atoms in total. The zero-order valence-corrected chi connectivity index (χ0v) is 25.6. The van der Waals surface area contributed by atoms with Crippen LogP contribution in [0, 0.1) is 0 Å². The second-order valence-corrected chi connectivity index (χ2v) is 10.0. The maximum Gasteiger partial charge on any atom is 0.311 e. The van der Waals surface area contributed by atoms with Crippen molar-refractivity contribution in [1.29, 1.82) is 0 Å². The molecule has 0 saturated heterocycles. The van der Waals surface area contributed by atoms with Crippen molar-refractivity contribution in [1.82, 2.24) is 4.90 Å². The van der Waals surface area contributed by atoms with E-state index >= 15 is 0 Å². The van der Waals surface area contributed by atoms with Crippen LogP contribution >= 0.6 is 12.4 Å². The summed E-state index contributed by atoms with van der Waals surface area (Å²) in [5, 5.41) is 8.33. The molecule has 0 heterocycles. The Bertz CT molecular complexity index is 969. The molecule has 0 aliphatic heterocycles. The molecule has 0 radical (unpaired) electrons. The van der Waals surface area contributed by atoms with Crippen molar-refractivity contribution in [2.45, 2.75) is 90.0 Å². The molecule has 2 aromatic carbocycles. The highest BCUT2D eigenvalue weighted by molar-refractivity contribution is 5.93. The van der Waals surface area contributed by atoms with Gasteiger partial charge in [0.15, 0.2) is 0 Å². The number of esters is 1. The number of ether oxygens (including phenoxy) is 1. The fourth-order valence-electron chi connectivity index (χ4n) is 4.36. The van der Waals surface area contributed by atoms with Crippen LogP contribution in [0.3, 0.4) is 0 Å². The maximum atomic E-state index is 13.2. The van der Waals surface area contributed by atoms with E-state index in [1.807, 2.05) is 43.3 Å². The molecule has 40 heavy (non-hydrogen) atoms. The number of aliphatic carboxylic acids is 1. The first kappa shape index (κ1) is 37.0. The van der Waals surface area contributed by atoms with Gasteiger partial charge in [-0.05, 0) is 57.5 Å². The number of carbonyl (C=O) groups is 3. The van der Waals surface area contributed by atoms with Gasteiger partial charge in [0.25, 0.3) is 0 Å². The number of halogens is 1. The Labute approximate surface area is 247 Å². The Kier molecular flexibility index (Phi) is 19.3. The number of hydrogen-bond acceptors (Lipinski definition) is 5. The fourth-order valence-corrected chi connectivity index (χ4v) is 4.36. The molecule has 1 N–H and O–H groups in total. The van der Waals surface area contributed by atoms with E-state index in [0.717, 1.165) is 30.4 Å². The standard InChI is InChI=1S/C21H27NO.C12H20O4.ClH/c1-5-20(23)21(16-17(2)22(3)4,18-12-8-6-9-13-18)19-14-10-7-11-15-19;1-2-3-4-5-6-7-10-16-12(15)9-8-11(13)14;/h6-15,17H,5,16H2,1-4H3;7,10H,2-6,8-9H2,1H3,(H,13,14);1H/b;10-7+;. The zero-order chi connectivity index (χ0) is 29.1. The van der Waals surface area contributed by atoms with Crippen LogP contribution in [0.2, 0.25) is 0 Å². The van der Waals surface area contributed by atoms with Crippen LogP contribution in [-0.4, -0.2) is 47.9 Å². The lowest BCUT2D eigenvalue weighted by Gasteiger charge is -2.37. The first-order valence-corrected chi connectivity index (χ1v) is 14.1. The predicted molar refractivity (Wildman–Crippen MR) is 165 cm³/mol. The van der Waals surface area contributed by atoms with Crippen LogP contribution < -0.4 is 0 Å². The van der Waals surface area contributed by atoms with Gasteiger partial charge in [0.2, 0.25) is 0 Å². The second-order valence-electron chi connectivity index (χ2n) is 10.0. The van der Waals surface area contributed by atoms with Crippen molar-refractivity contribution in [2.24, 2.45) is 0 Å². The lowest BCUT2D eigenvalue weighted by molar-refractivity contribution is -0.144. The first-order chi connectivity index (χ1) is 18.7. The average Bonchev–Trinajstić information content (AvgIpc) is 2.95. The molecule has 1 unspecified atom stereocenters. The minimum atomic E-state index is -0.986. The number of carboxylic acid groups (broad SMARTS) is 1. The number of benzene rings is 2. The van der Waals surface area contributed by atoms with Crippen LogP contribution in [0.25, 0.3) is 0 Å². The van der Waals surface area contributed by atoms with Crippen molar-refractivity contribution >= 4 is 30.1 Å². The van der Waals surface area contributed by atoms with Gasteiger partial charge in [-0.25, -0.2) is 0 Å². The van der Waals surface area contributed by atoms with Crippen LogP contribution in [-0.2, 0) is 24.5 Å². The minimum absolute atomic E-state index is 0. The number of allylic oxidation sites excluding steroid dienone is 1. The van der Waals surface area contributed by atoms with E-state index in [0.29, 0.717) is 12.5 Å². The summed E-state index contributed by atoms with van der Waals surface area (Å²) in [7, 11) is 4.14. The minimum Gasteiger partial charge on any atom is -0.481 e. The van der Waals surface area contributed by atoms with Gasteiger partial charge in [0, 0.05) is 12.5 Å². The lowest BCUT2D eigenvalue weighted by atomic mass is 9.67. The van der Waals surface area contributed by atoms with Crippen molar-refractivity contribution in [3.8, 4) is 0 Å². The smallest absolute Gasteiger partial charge is 0.311 e. The highest BCUT2D eigenvalue weighted by Gasteiger charge is 2.41. The Morgan fingerprint density at radius 2 is 1.45 bits per heavy atom. The fraction of sp³-hybridized carbons (Fsp3) is 0.485. The Balaban J connectivity index is 0.000000794. The van der Waals surface area contributed by atoms with E-state index in [-0.39, 0.29) is 31.0 Å². The van der Waals surface area contributed by atoms with E-state index in [1.54, 1.807) is 6.08 Å². The number of ketones is 1. The molecular weight excluding hydrogens is 526 g/mol. The Morgan fingerprint density at radius 1 is 0.900 bits per heavy atom. The summed E-state index contributed by atoms with van der Waals surface area (Å²) >= 11 is 0. The molecule has 2 aromatic rings.